The first-order chi connectivity index (χ1) is 21.4. The van der Waals surface area contributed by atoms with Gasteiger partial charge in [0.15, 0.2) is 0 Å². The molecule has 5 atom stereocenters. The SMILES string of the molecule is COc1cccc(N[C@H]2CCCCCC=C[C@@H]3C[C@@]3(C(=O)O)NC(=O)[C@@H]3C[C@@H](Oc4nccc5ccccc45)CN3C2=O)c1. The second-order valence-corrected chi connectivity index (χ2v) is 11.9. The summed E-state index contributed by atoms with van der Waals surface area (Å²) in [6.45, 7) is 0.168. The quantitative estimate of drug-likeness (QED) is 0.353. The highest BCUT2D eigenvalue weighted by atomic mass is 16.5. The highest BCUT2D eigenvalue weighted by Crippen LogP contribution is 2.45. The Morgan fingerprint density at radius 1 is 1.11 bits per heavy atom. The second kappa shape index (κ2) is 12.6. The molecule has 1 saturated carbocycles. The molecule has 44 heavy (non-hydrogen) atoms. The van der Waals surface area contributed by atoms with E-state index in [1.54, 1.807) is 18.2 Å². The first-order valence-corrected chi connectivity index (χ1v) is 15.3. The fraction of sp³-hybridized carbons (Fsp3) is 0.412. The lowest BCUT2D eigenvalue weighted by Gasteiger charge is -2.30. The third-order valence-electron chi connectivity index (χ3n) is 8.95. The van der Waals surface area contributed by atoms with Gasteiger partial charge in [0.1, 0.15) is 29.5 Å². The van der Waals surface area contributed by atoms with Gasteiger partial charge >= 0.3 is 5.97 Å². The predicted octanol–water partition coefficient (Wildman–Crippen LogP) is 4.55. The molecule has 3 aromatic rings. The van der Waals surface area contributed by atoms with Crippen LogP contribution in [0.5, 0.6) is 11.6 Å². The van der Waals surface area contributed by atoms with Crippen LogP contribution >= 0.6 is 0 Å². The summed E-state index contributed by atoms with van der Waals surface area (Å²) in [7, 11) is 1.59. The molecule has 3 heterocycles. The van der Waals surface area contributed by atoms with E-state index in [-0.39, 0.29) is 24.8 Å². The Kier molecular flexibility index (Phi) is 8.41. The molecule has 1 aromatic heterocycles. The maximum atomic E-state index is 14.3. The zero-order valence-electron chi connectivity index (χ0n) is 24.8. The van der Waals surface area contributed by atoms with Crippen LogP contribution < -0.4 is 20.1 Å². The van der Waals surface area contributed by atoms with Crippen molar-refractivity contribution < 1.29 is 29.0 Å². The minimum absolute atomic E-state index is 0.168. The molecule has 10 heteroatoms. The number of anilines is 1. The third kappa shape index (κ3) is 6.06. The Bertz CT molecular complexity index is 1570. The minimum Gasteiger partial charge on any atom is -0.497 e. The Labute approximate surface area is 256 Å². The predicted molar refractivity (Wildman–Crippen MR) is 166 cm³/mol. The van der Waals surface area contributed by atoms with Gasteiger partial charge in [-0.25, -0.2) is 9.78 Å². The third-order valence-corrected chi connectivity index (χ3v) is 8.95. The van der Waals surface area contributed by atoms with Crippen LogP contribution in [0.1, 0.15) is 44.9 Å². The van der Waals surface area contributed by atoms with E-state index in [4.69, 9.17) is 9.47 Å². The molecule has 0 spiro atoms. The topological polar surface area (TPSA) is 130 Å². The van der Waals surface area contributed by atoms with E-state index in [1.807, 2.05) is 66.7 Å². The molecule has 230 valence electrons. The zero-order chi connectivity index (χ0) is 30.7. The van der Waals surface area contributed by atoms with Crippen molar-refractivity contribution in [2.24, 2.45) is 5.92 Å². The van der Waals surface area contributed by atoms with E-state index in [1.165, 1.54) is 0 Å². The number of hydrogen-bond acceptors (Lipinski definition) is 7. The van der Waals surface area contributed by atoms with Crippen LogP contribution in [-0.4, -0.2) is 70.2 Å². The number of carboxylic acid groups (broad SMARTS) is 1. The molecule has 6 rings (SSSR count). The average molecular weight is 599 g/mol. The molecule has 3 aliphatic rings. The molecule has 2 aromatic carbocycles. The van der Waals surface area contributed by atoms with Crippen molar-refractivity contribution in [1.82, 2.24) is 15.2 Å². The summed E-state index contributed by atoms with van der Waals surface area (Å²) in [5, 5.41) is 18.1. The standard InChI is InChI=1S/C34H38N4O6/c1-43-25-13-9-12-24(18-25)36-28-15-6-4-2-3-5-11-23-20-34(23,33(41)42)37-30(39)29-19-26(21-38(29)32(28)40)44-31-27-14-8-7-10-22(27)16-17-35-31/h5,7-14,16-18,23,26,28-29,36H,2-4,6,15,19-21H2,1H3,(H,37,39)(H,41,42)/t23-,26-,28+,29+,34-/m1/s1. The summed E-state index contributed by atoms with van der Waals surface area (Å²) in [6, 6.07) is 15.6. The lowest BCUT2D eigenvalue weighted by molar-refractivity contribution is -0.145. The monoisotopic (exact) mass is 598 g/mol. The lowest BCUT2D eigenvalue weighted by Crippen LogP contribution is -2.55. The fourth-order valence-corrected chi connectivity index (χ4v) is 6.40. The van der Waals surface area contributed by atoms with Gasteiger partial charge in [-0.15, -0.1) is 0 Å². The van der Waals surface area contributed by atoms with Gasteiger partial charge in [-0.3, -0.25) is 9.59 Å². The summed E-state index contributed by atoms with van der Waals surface area (Å²) in [4.78, 5) is 46.6. The van der Waals surface area contributed by atoms with Crippen molar-refractivity contribution in [2.45, 2.75) is 68.7 Å². The molecule has 2 amide bonds. The largest absolute Gasteiger partial charge is 0.497 e. The normalized spacial score (nSPS) is 27.3. The smallest absolute Gasteiger partial charge is 0.330 e. The highest BCUT2D eigenvalue weighted by molar-refractivity contribution is 5.96. The number of aliphatic carboxylic acids is 1. The lowest BCUT2D eigenvalue weighted by atomic mass is 10.0. The van der Waals surface area contributed by atoms with Gasteiger partial charge in [-0.1, -0.05) is 49.3 Å². The number of benzene rings is 2. The molecule has 3 N–H and O–H groups in total. The van der Waals surface area contributed by atoms with Crippen molar-refractivity contribution in [3.8, 4) is 11.6 Å². The summed E-state index contributed by atoms with van der Waals surface area (Å²) in [6.07, 6.45) is 9.68. The Hall–Kier alpha value is -4.60. The van der Waals surface area contributed by atoms with E-state index < -0.39 is 35.6 Å². The van der Waals surface area contributed by atoms with Gasteiger partial charge in [0.05, 0.1) is 13.7 Å². The summed E-state index contributed by atoms with van der Waals surface area (Å²) in [5.41, 5.74) is -0.626. The van der Waals surface area contributed by atoms with E-state index in [0.717, 1.165) is 42.1 Å². The molecule has 10 nitrogen and oxygen atoms in total. The number of nitrogens with one attached hydrogen (secondary N) is 2. The van der Waals surface area contributed by atoms with Crippen LogP contribution in [0.3, 0.4) is 0 Å². The molecule has 0 radical (unpaired) electrons. The van der Waals surface area contributed by atoms with Crippen LogP contribution in [0, 0.1) is 5.92 Å². The van der Waals surface area contributed by atoms with Crippen molar-refractivity contribution in [2.75, 3.05) is 19.0 Å². The number of carboxylic acids is 1. The van der Waals surface area contributed by atoms with Gasteiger partial charge in [-0.2, -0.15) is 0 Å². The van der Waals surface area contributed by atoms with E-state index in [2.05, 4.69) is 15.6 Å². The molecular formula is C34H38N4O6. The number of hydrogen-bond donors (Lipinski definition) is 3. The number of aromatic nitrogens is 1. The number of ether oxygens (including phenoxy) is 2. The molecule has 2 aliphatic heterocycles. The van der Waals surface area contributed by atoms with Crippen molar-refractivity contribution in [3.63, 3.8) is 0 Å². The summed E-state index contributed by atoms with van der Waals surface area (Å²) >= 11 is 0. The minimum atomic E-state index is -1.36. The van der Waals surface area contributed by atoms with Crippen LogP contribution in [0.2, 0.25) is 0 Å². The number of allylic oxidation sites excluding steroid dienone is 1. The number of methoxy groups -OCH3 is 1. The number of carbonyl (C=O) groups is 3. The Balaban J connectivity index is 1.31. The number of pyridine rings is 1. The molecule has 1 saturated heterocycles. The van der Waals surface area contributed by atoms with E-state index >= 15 is 0 Å². The maximum Gasteiger partial charge on any atom is 0.330 e. The number of fused-ring (bicyclic) bond motifs is 3. The maximum absolute atomic E-state index is 14.3. The van der Waals surface area contributed by atoms with Crippen molar-refractivity contribution in [1.29, 1.82) is 0 Å². The number of amides is 2. The molecule has 0 unspecified atom stereocenters. The van der Waals surface area contributed by atoms with E-state index in [9.17, 15) is 19.5 Å². The first-order valence-electron chi connectivity index (χ1n) is 15.3. The van der Waals surface area contributed by atoms with Crippen molar-refractivity contribution in [3.05, 3.63) is 72.9 Å². The molecule has 1 aliphatic carbocycles. The van der Waals surface area contributed by atoms with Gasteiger partial charge in [0, 0.05) is 35.7 Å². The number of nitrogens with zero attached hydrogens (tertiary/aromatic N) is 2. The second-order valence-electron chi connectivity index (χ2n) is 11.9. The number of carbonyl (C=O) groups excluding carboxylic acids is 2. The molecular weight excluding hydrogens is 560 g/mol. The summed E-state index contributed by atoms with van der Waals surface area (Å²) in [5.74, 6) is -0.957. The first kappa shape index (κ1) is 29.5. The van der Waals surface area contributed by atoms with Gasteiger partial charge in [0.2, 0.25) is 17.7 Å². The Morgan fingerprint density at radius 3 is 2.82 bits per heavy atom. The van der Waals surface area contributed by atoms with Crippen molar-refractivity contribution >= 4 is 34.2 Å². The zero-order valence-corrected chi connectivity index (χ0v) is 24.8. The van der Waals surface area contributed by atoms with Crippen LogP contribution in [0.4, 0.5) is 5.69 Å². The summed E-state index contributed by atoms with van der Waals surface area (Å²) < 4.78 is 11.8. The van der Waals surface area contributed by atoms with Gasteiger partial charge in [0.25, 0.3) is 0 Å². The van der Waals surface area contributed by atoms with Crippen LogP contribution in [0.15, 0.2) is 72.9 Å². The molecule has 0 bridgehead atoms. The molecule has 2 fully saturated rings. The van der Waals surface area contributed by atoms with Crippen LogP contribution in [0.25, 0.3) is 10.8 Å². The fourth-order valence-electron chi connectivity index (χ4n) is 6.40. The van der Waals surface area contributed by atoms with Gasteiger partial charge in [-0.05, 0) is 55.3 Å². The van der Waals surface area contributed by atoms with E-state index in [0.29, 0.717) is 24.5 Å². The number of rotatable bonds is 6. The Morgan fingerprint density at radius 2 is 1.98 bits per heavy atom. The average Bonchev–Trinajstić information content (AvgIpc) is 3.57. The van der Waals surface area contributed by atoms with Gasteiger partial charge < -0.3 is 30.1 Å². The highest BCUT2D eigenvalue weighted by Gasteiger charge is 2.61. The van der Waals surface area contributed by atoms with Crippen LogP contribution in [-0.2, 0) is 14.4 Å².